The molecule has 0 saturated carbocycles. The Labute approximate surface area is 416 Å². The molecule has 9 aromatic rings. The third-order valence-corrected chi connectivity index (χ3v) is 20.5. The average molecular weight is 1010 g/mol. The van der Waals surface area contributed by atoms with Gasteiger partial charge < -0.3 is 24.9 Å². The molecule has 5 nitrogen and oxygen atoms in total. The molecule has 0 radical (unpaired) electrons. The van der Waals surface area contributed by atoms with Crippen molar-refractivity contribution in [3.63, 3.8) is 0 Å². The number of phenols is 2. The smallest absolute Gasteiger partial charge is 0.416 e. The molecule has 0 amide bonds. The van der Waals surface area contributed by atoms with E-state index in [4.69, 9.17) is 0 Å². The maximum Gasteiger partial charge on any atom is 0.416 e. The monoisotopic (exact) mass is 1010 g/mol. The Hall–Kier alpha value is -7.20. The highest BCUT2D eigenvalue weighted by Gasteiger charge is 2.47. The van der Waals surface area contributed by atoms with E-state index in [1.165, 1.54) is 31.8 Å². The van der Waals surface area contributed by atoms with E-state index in [1.807, 2.05) is 36.4 Å². The SMILES string of the molecule is Oc1ccccc1C[P+](c1ccccc1)(c1ccccc1)c1ccccc1.Oc1ccccc1C[P+](c1ccccc1)(c1ccccc1)c1ccccc1.[O-]B([O-])Oc1cc(C(F)(F)F)cc(C(F)(F)F)c1. The van der Waals surface area contributed by atoms with Crippen molar-refractivity contribution in [2.45, 2.75) is 24.7 Å². The van der Waals surface area contributed by atoms with Gasteiger partial charge in [-0.2, -0.15) is 26.3 Å². The maximum absolute atomic E-state index is 12.3. The van der Waals surface area contributed by atoms with E-state index in [0.29, 0.717) is 11.5 Å². The summed E-state index contributed by atoms with van der Waals surface area (Å²) in [5.41, 5.74) is -1.34. The lowest BCUT2D eigenvalue weighted by molar-refractivity contribution is -0.372. The van der Waals surface area contributed by atoms with Crippen LogP contribution < -0.4 is 46.5 Å². The van der Waals surface area contributed by atoms with Crippen molar-refractivity contribution in [2.24, 2.45) is 0 Å². The van der Waals surface area contributed by atoms with Crippen LogP contribution in [0.3, 0.4) is 0 Å². The number of hydrogen-bond donors (Lipinski definition) is 2. The summed E-state index contributed by atoms with van der Waals surface area (Å²) in [5.74, 6) is -0.346. The van der Waals surface area contributed by atoms with Gasteiger partial charge in [-0.15, -0.1) is 0 Å². The lowest BCUT2D eigenvalue weighted by atomic mass is 10.1. The zero-order valence-electron chi connectivity index (χ0n) is 38.4. The van der Waals surface area contributed by atoms with Crippen LogP contribution in [0.1, 0.15) is 22.3 Å². The van der Waals surface area contributed by atoms with Crippen molar-refractivity contribution in [1.29, 1.82) is 0 Å². The molecule has 0 heterocycles. The molecule has 0 saturated heterocycles. The highest BCUT2D eigenvalue weighted by molar-refractivity contribution is 7.95. The van der Waals surface area contributed by atoms with Crippen LogP contribution >= 0.6 is 14.5 Å². The van der Waals surface area contributed by atoms with Crippen LogP contribution in [0.5, 0.6) is 17.2 Å². The predicted octanol–water partition coefficient (Wildman–Crippen LogP) is 10.6. The topological polar surface area (TPSA) is 95.8 Å². The normalized spacial score (nSPS) is 11.6. The van der Waals surface area contributed by atoms with E-state index < -0.39 is 51.1 Å². The second-order valence-electron chi connectivity index (χ2n) is 16.4. The number of benzene rings is 9. The molecule has 0 aliphatic rings. The molecule has 0 bridgehead atoms. The minimum Gasteiger partial charge on any atom is -0.860 e. The van der Waals surface area contributed by atoms with Crippen molar-refractivity contribution in [3.8, 4) is 17.2 Å². The lowest BCUT2D eigenvalue weighted by Crippen LogP contribution is -2.50. The molecule has 9 aromatic carbocycles. The molecular formula is C58H47BF6O5P2. The van der Waals surface area contributed by atoms with Gasteiger partial charge in [0.2, 0.25) is 0 Å². The number of halogens is 6. The summed E-state index contributed by atoms with van der Waals surface area (Å²) >= 11 is 0. The van der Waals surface area contributed by atoms with Crippen molar-refractivity contribution >= 4 is 53.7 Å². The minimum absolute atomic E-state index is 0.141. The number of alkyl halides is 6. The summed E-state index contributed by atoms with van der Waals surface area (Å²) in [7, 11) is -6.94. The molecular weight excluding hydrogens is 963 g/mol. The fourth-order valence-corrected chi connectivity index (χ4v) is 17.0. The van der Waals surface area contributed by atoms with Crippen molar-refractivity contribution in [1.82, 2.24) is 0 Å². The van der Waals surface area contributed by atoms with Gasteiger partial charge >= 0.3 is 12.4 Å². The predicted molar refractivity (Wildman–Crippen MR) is 277 cm³/mol. The Bertz CT molecular complexity index is 2690. The van der Waals surface area contributed by atoms with Crippen LogP contribution in [0.4, 0.5) is 26.3 Å². The van der Waals surface area contributed by atoms with E-state index in [-0.39, 0.29) is 18.2 Å². The molecule has 0 aliphatic heterocycles. The quantitative estimate of drug-likeness (QED) is 0.0722. The summed E-state index contributed by atoms with van der Waals surface area (Å²) in [6, 6.07) is 80.1. The van der Waals surface area contributed by atoms with Crippen molar-refractivity contribution in [3.05, 3.63) is 271 Å². The van der Waals surface area contributed by atoms with E-state index in [0.717, 1.165) is 23.5 Å². The molecule has 9 rings (SSSR count). The molecule has 0 aliphatic carbocycles. The number of hydrogen-bond acceptors (Lipinski definition) is 5. The molecule has 0 spiro atoms. The van der Waals surface area contributed by atoms with Crippen molar-refractivity contribution in [2.75, 3.05) is 0 Å². The van der Waals surface area contributed by atoms with E-state index in [9.17, 15) is 46.6 Å². The fraction of sp³-hybridized carbons (Fsp3) is 0.0690. The van der Waals surface area contributed by atoms with Gasteiger partial charge in [-0.05, 0) is 103 Å². The summed E-state index contributed by atoms with van der Waals surface area (Å²) in [6.07, 6.45) is -8.53. The summed E-state index contributed by atoms with van der Waals surface area (Å²) in [4.78, 5) is 0. The Morgan fingerprint density at radius 3 is 0.819 bits per heavy atom. The Balaban J connectivity index is 0.000000162. The van der Waals surface area contributed by atoms with Crippen LogP contribution in [-0.4, -0.2) is 17.5 Å². The number of aromatic hydroxyl groups is 2. The van der Waals surface area contributed by atoms with Crippen LogP contribution in [0.25, 0.3) is 0 Å². The van der Waals surface area contributed by atoms with E-state index in [1.54, 1.807) is 12.1 Å². The third kappa shape index (κ3) is 12.8. The van der Waals surface area contributed by atoms with E-state index >= 15 is 0 Å². The molecule has 0 unspecified atom stereocenters. The summed E-state index contributed by atoms with van der Waals surface area (Å²) < 4.78 is 77.5. The lowest BCUT2D eigenvalue weighted by Gasteiger charge is -2.28. The average Bonchev–Trinajstić information content (AvgIpc) is 3.39. The molecule has 0 aromatic heterocycles. The van der Waals surface area contributed by atoms with Crippen LogP contribution in [-0.2, 0) is 24.7 Å². The summed E-state index contributed by atoms with van der Waals surface area (Å²) in [5, 5.41) is 49.2. The van der Waals surface area contributed by atoms with Crippen LogP contribution in [0.15, 0.2) is 249 Å². The zero-order valence-corrected chi connectivity index (χ0v) is 40.2. The standard InChI is InChI=1S/2C25H21OP.C8H3BF6O3/c2*26-25-19-11-10-12-21(25)20-27(22-13-4-1-5-14-22,23-15-6-2-7-16-23)24-17-8-3-9-18-24;10-7(11,12)4-1-5(8(13,14)15)3-6(2-4)18-9(16)17/h2*1-19H,20H2;1-3H/q;;-2/p+2. The van der Waals surface area contributed by atoms with Crippen LogP contribution in [0.2, 0.25) is 0 Å². The second kappa shape index (κ2) is 23.8. The highest BCUT2D eigenvalue weighted by atomic mass is 31.2. The van der Waals surface area contributed by atoms with Gasteiger partial charge in [-0.25, -0.2) is 0 Å². The third-order valence-electron chi connectivity index (χ3n) is 11.8. The first-order valence-corrected chi connectivity index (χ1v) is 26.5. The molecule has 0 atom stereocenters. The molecule has 0 fully saturated rings. The molecule has 2 N–H and O–H groups in total. The number of para-hydroxylation sites is 2. The second-order valence-corrected chi connectivity index (χ2v) is 23.3. The van der Waals surface area contributed by atoms with Gasteiger partial charge in [0, 0.05) is 11.1 Å². The molecule has 364 valence electrons. The Morgan fingerprint density at radius 1 is 0.361 bits per heavy atom. The van der Waals surface area contributed by atoms with Gasteiger partial charge in [-0.1, -0.05) is 146 Å². The van der Waals surface area contributed by atoms with Gasteiger partial charge in [-0.3, -0.25) is 0 Å². The Kier molecular flexibility index (Phi) is 17.4. The number of rotatable bonds is 12. The zero-order chi connectivity index (χ0) is 51.2. The highest BCUT2D eigenvalue weighted by Crippen LogP contribution is 2.60. The van der Waals surface area contributed by atoms with Gasteiger partial charge in [0.1, 0.15) is 77.5 Å². The van der Waals surface area contributed by atoms with Gasteiger partial charge in [0.05, 0.1) is 16.9 Å². The number of phenolic OH excluding ortho intramolecular Hbond substituents is 2. The maximum atomic E-state index is 12.3. The fourth-order valence-electron chi connectivity index (χ4n) is 8.44. The molecule has 14 heteroatoms. The first-order chi connectivity index (χ1) is 34.6. The Morgan fingerprint density at radius 2 is 0.597 bits per heavy atom. The first-order valence-electron chi connectivity index (χ1n) is 22.5. The summed E-state index contributed by atoms with van der Waals surface area (Å²) in [6.45, 7) is 0. The largest absolute Gasteiger partial charge is 0.860 e. The van der Waals surface area contributed by atoms with Crippen LogP contribution in [0, 0.1) is 0 Å². The van der Waals surface area contributed by atoms with E-state index in [2.05, 4.69) is 187 Å². The minimum atomic E-state index is -5.05. The van der Waals surface area contributed by atoms with Crippen molar-refractivity contribution < 1.29 is 51.3 Å². The van der Waals surface area contributed by atoms with Gasteiger partial charge in [0.25, 0.3) is 0 Å². The molecule has 72 heavy (non-hydrogen) atoms. The first kappa shape index (κ1) is 52.6. The van der Waals surface area contributed by atoms with Gasteiger partial charge in [0.15, 0.2) is 0 Å².